The molecule has 0 aliphatic heterocycles. The van der Waals surface area contributed by atoms with E-state index in [4.69, 9.17) is 14.4 Å². The minimum atomic E-state index is -0.788. The summed E-state index contributed by atoms with van der Waals surface area (Å²) in [5.41, 5.74) is 16.0. The quantitative estimate of drug-likeness (QED) is 0.0853. The standard InChI is InChI=1S/C63H48N2O/c1-4-57(43-23-8-5-9-24-43)65-61(64-42(3)50-40-51-47-30-16-21-38-58(47)66-59(51)39-41(50)2)49-31-15-18-34-53(49)62(44-25-10-6-11-26-44)54-35-19-20-36-55(54)63(45-27-12-7-13-28-45)52-33-17-14-29-46(52)48-32-22-37-56(62)60(48)63/h4-41,50,57H,1H2,2-3H3/b64-42+,65-61-. The number of furan rings is 1. The number of hydrogen-bond donors (Lipinski definition) is 0. The Morgan fingerprint density at radius 2 is 1.12 bits per heavy atom. The van der Waals surface area contributed by atoms with Gasteiger partial charge in [0.1, 0.15) is 11.0 Å². The molecule has 0 spiro atoms. The largest absolute Gasteiger partial charge is 0.456 e. The molecule has 0 radical (unpaired) electrons. The maximum absolute atomic E-state index is 6.36. The van der Waals surface area contributed by atoms with Crippen molar-refractivity contribution in [1.82, 2.24) is 0 Å². The number of aliphatic imine (C=N–C) groups is 2. The van der Waals surface area contributed by atoms with Crippen LogP contribution in [0.4, 0.5) is 0 Å². The molecule has 0 fully saturated rings. The molecule has 9 aromatic rings. The maximum Gasteiger partial charge on any atom is 0.155 e. The second-order valence-electron chi connectivity index (χ2n) is 18.0. The third kappa shape index (κ3) is 5.76. The minimum absolute atomic E-state index is 0.00986. The van der Waals surface area contributed by atoms with E-state index in [0.717, 1.165) is 44.0 Å². The van der Waals surface area contributed by atoms with E-state index in [0.29, 0.717) is 5.84 Å². The second kappa shape index (κ2) is 15.7. The Kier molecular flexibility index (Phi) is 9.43. The van der Waals surface area contributed by atoms with Crippen molar-refractivity contribution in [2.75, 3.05) is 0 Å². The number of rotatable bonds is 8. The summed E-state index contributed by atoms with van der Waals surface area (Å²) < 4.78 is 6.36. The van der Waals surface area contributed by atoms with Crippen LogP contribution in [0.5, 0.6) is 0 Å². The smallest absolute Gasteiger partial charge is 0.155 e. The Bertz CT molecular complexity index is 3550. The molecular formula is C63H48N2O. The zero-order chi connectivity index (χ0) is 44.4. The highest BCUT2D eigenvalue weighted by molar-refractivity contribution is 6.10. The highest BCUT2D eigenvalue weighted by atomic mass is 16.3. The van der Waals surface area contributed by atoms with Gasteiger partial charge in [0, 0.05) is 27.8 Å². The molecule has 12 rings (SSSR count). The predicted octanol–water partition coefficient (Wildman–Crippen LogP) is 13.2. The van der Waals surface area contributed by atoms with Gasteiger partial charge >= 0.3 is 0 Å². The Labute approximate surface area is 386 Å². The van der Waals surface area contributed by atoms with Crippen molar-refractivity contribution in [2.45, 2.75) is 30.7 Å². The van der Waals surface area contributed by atoms with Gasteiger partial charge in [-0.1, -0.05) is 219 Å². The van der Waals surface area contributed by atoms with Crippen LogP contribution in [-0.2, 0) is 10.8 Å². The van der Waals surface area contributed by atoms with Crippen LogP contribution in [0.25, 0.3) is 34.2 Å². The van der Waals surface area contributed by atoms with Gasteiger partial charge in [0.25, 0.3) is 0 Å². The zero-order valence-corrected chi connectivity index (χ0v) is 37.1. The van der Waals surface area contributed by atoms with Gasteiger partial charge in [-0.2, -0.15) is 0 Å². The molecule has 0 saturated heterocycles. The van der Waals surface area contributed by atoms with Crippen LogP contribution in [0.1, 0.15) is 75.5 Å². The van der Waals surface area contributed by atoms with E-state index in [9.17, 15) is 0 Å². The van der Waals surface area contributed by atoms with Crippen molar-refractivity contribution in [3.05, 3.63) is 285 Å². The van der Waals surface area contributed by atoms with Crippen molar-refractivity contribution in [3.63, 3.8) is 0 Å². The van der Waals surface area contributed by atoms with Gasteiger partial charge in [-0.15, -0.1) is 6.58 Å². The third-order valence-electron chi connectivity index (χ3n) is 14.6. The molecule has 0 saturated carbocycles. The van der Waals surface area contributed by atoms with Crippen LogP contribution in [0, 0.1) is 11.8 Å². The lowest BCUT2D eigenvalue weighted by Gasteiger charge is -2.50. The highest BCUT2D eigenvalue weighted by Gasteiger charge is 2.58. The molecule has 8 aromatic carbocycles. The molecule has 3 aliphatic carbocycles. The lowest BCUT2D eigenvalue weighted by Crippen LogP contribution is -2.45. The van der Waals surface area contributed by atoms with E-state index in [2.05, 4.69) is 221 Å². The molecule has 0 bridgehead atoms. The van der Waals surface area contributed by atoms with E-state index < -0.39 is 10.8 Å². The highest BCUT2D eigenvalue weighted by Crippen LogP contribution is 2.66. The Hall–Kier alpha value is -7.88. The first kappa shape index (κ1) is 39.7. The van der Waals surface area contributed by atoms with Crippen LogP contribution in [0.2, 0.25) is 0 Å². The first-order valence-electron chi connectivity index (χ1n) is 23.1. The molecule has 66 heavy (non-hydrogen) atoms. The number of amidine groups is 1. The van der Waals surface area contributed by atoms with Crippen molar-refractivity contribution in [3.8, 4) is 11.1 Å². The van der Waals surface area contributed by atoms with Gasteiger partial charge in [0.05, 0.1) is 16.9 Å². The van der Waals surface area contributed by atoms with Crippen LogP contribution >= 0.6 is 0 Å². The molecule has 1 heterocycles. The van der Waals surface area contributed by atoms with E-state index in [-0.39, 0.29) is 17.9 Å². The van der Waals surface area contributed by atoms with Crippen molar-refractivity contribution >= 4 is 34.7 Å². The Morgan fingerprint density at radius 1 is 0.561 bits per heavy atom. The fraction of sp³-hybridized carbons (Fsp3) is 0.111. The maximum atomic E-state index is 6.36. The Morgan fingerprint density at radius 3 is 1.85 bits per heavy atom. The summed E-state index contributed by atoms with van der Waals surface area (Å²) in [5.74, 6) is 0.822. The Balaban J connectivity index is 1.17. The number of benzene rings is 8. The molecule has 3 heteroatoms. The molecule has 5 atom stereocenters. The summed E-state index contributed by atoms with van der Waals surface area (Å²) in [6.45, 7) is 8.78. The van der Waals surface area contributed by atoms with Gasteiger partial charge in [0.2, 0.25) is 0 Å². The van der Waals surface area contributed by atoms with E-state index >= 15 is 0 Å². The van der Waals surface area contributed by atoms with Gasteiger partial charge in [-0.3, -0.25) is 4.99 Å². The predicted molar refractivity (Wildman–Crippen MR) is 272 cm³/mol. The third-order valence-corrected chi connectivity index (χ3v) is 14.6. The first-order chi connectivity index (χ1) is 32.5. The normalized spacial score (nSPS) is 20.8. The monoisotopic (exact) mass is 848 g/mol. The molecule has 0 N–H and O–H groups in total. The molecule has 5 unspecified atom stereocenters. The average molecular weight is 849 g/mol. The first-order valence-corrected chi connectivity index (χ1v) is 23.1. The van der Waals surface area contributed by atoms with Gasteiger partial charge in [0.15, 0.2) is 5.84 Å². The van der Waals surface area contributed by atoms with E-state index in [1.54, 1.807) is 0 Å². The summed E-state index contributed by atoms with van der Waals surface area (Å²) >= 11 is 0. The van der Waals surface area contributed by atoms with Crippen LogP contribution in [-0.4, -0.2) is 11.5 Å². The minimum Gasteiger partial charge on any atom is -0.456 e. The molecule has 3 aliphatic rings. The van der Waals surface area contributed by atoms with Crippen LogP contribution in [0.15, 0.2) is 233 Å². The summed E-state index contributed by atoms with van der Waals surface area (Å²) in [6.07, 6.45) is 6.55. The topological polar surface area (TPSA) is 37.9 Å². The van der Waals surface area contributed by atoms with Crippen molar-refractivity contribution < 1.29 is 4.42 Å². The van der Waals surface area contributed by atoms with Crippen LogP contribution < -0.4 is 10.6 Å². The van der Waals surface area contributed by atoms with E-state index in [1.165, 1.54) is 50.1 Å². The average Bonchev–Trinajstić information content (AvgIpc) is 3.90. The molecule has 3 nitrogen and oxygen atoms in total. The lowest BCUT2D eigenvalue weighted by atomic mass is 9.51. The molecule has 316 valence electrons. The molecule has 1 aromatic heterocycles. The van der Waals surface area contributed by atoms with Gasteiger partial charge < -0.3 is 4.42 Å². The van der Waals surface area contributed by atoms with Gasteiger partial charge in [-0.25, -0.2) is 4.99 Å². The summed E-state index contributed by atoms with van der Waals surface area (Å²) in [5, 5.41) is 2.24. The summed E-state index contributed by atoms with van der Waals surface area (Å²) in [7, 11) is 0. The fourth-order valence-corrected chi connectivity index (χ4v) is 11.8. The second-order valence-corrected chi connectivity index (χ2v) is 18.0. The fourth-order valence-electron chi connectivity index (χ4n) is 11.8. The number of hydrogen-bond acceptors (Lipinski definition) is 2. The van der Waals surface area contributed by atoms with E-state index in [1.807, 2.05) is 24.3 Å². The molecular weight excluding hydrogens is 801 g/mol. The zero-order valence-electron chi connectivity index (χ0n) is 37.1. The van der Waals surface area contributed by atoms with Crippen molar-refractivity contribution in [1.29, 1.82) is 0 Å². The SMILES string of the molecule is C=CC(/N=C(\N=C(/C)C1C=c2c(oc3ccccc23)=CC1C)c1ccccc1C1(c2ccccc2)c2ccccc2C2(c3ccccc3)c3ccccc3-c3cccc1c32)c1ccccc1. The van der Waals surface area contributed by atoms with Gasteiger partial charge in [-0.05, 0) is 86.2 Å². The molecule has 0 amide bonds. The number of nitrogens with zero attached hydrogens (tertiary/aromatic N) is 2. The van der Waals surface area contributed by atoms with Crippen molar-refractivity contribution in [2.24, 2.45) is 21.8 Å². The number of para-hydroxylation sites is 1. The number of fused-ring (bicyclic) bond motifs is 8. The summed E-state index contributed by atoms with van der Waals surface area (Å²) in [6, 6.07) is 74.8. The lowest BCUT2D eigenvalue weighted by molar-refractivity contribution is 0.557. The summed E-state index contributed by atoms with van der Waals surface area (Å²) in [4.78, 5) is 11.4. The van der Waals surface area contributed by atoms with Crippen LogP contribution in [0.3, 0.4) is 0 Å².